The van der Waals surface area contributed by atoms with Crippen LogP contribution in [-0.4, -0.2) is 24.8 Å². The Morgan fingerprint density at radius 2 is 1.91 bits per heavy atom. The van der Waals surface area contributed by atoms with Gasteiger partial charge >= 0.3 is 0 Å². The lowest BCUT2D eigenvalue weighted by Gasteiger charge is -2.09. The van der Waals surface area contributed by atoms with E-state index in [1.54, 1.807) is 0 Å². The van der Waals surface area contributed by atoms with E-state index >= 15 is 0 Å². The van der Waals surface area contributed by atoms with Crippen molar-refractivity contribution < 1.29 is 0 Å². The average molecular weight is 154 g/mol. The smallest absolute Gasteiger partial charge is 0.100 e. The molecule has 0 amide bonds. The molecule has 0 aromatic heterocycles. The van der Waals surface area contributed by atoms with Gasteiger partial charge in [0.2, 0.25) is 0 Å². The minimum absolute atomic E-state index is 1.04. The van der Waals surface area contributed by atoms with Crippen LogP contribution in [0, 0.1) is 0 Å². The molecule has 0 aliphatic carbocycles. The van der Waals surface area contributed by atoms with Crippen LogP contribution >= 0.6 is 0 Å². The molecule has 0 atom stereocenters. The summed E-state index contributed by atoms with van der Waals surface area (Å²) in [6, 6.07) is 0. The van der Waals surface area contributed by atoms with Gasteiger partial charge in [0, 0.05) is 20.3 Å². The molecule has 2 nitrogen and oxygen atoms in total. The molecule has 0 aliphatic rings. The lowest BCUT2D eigenvalue weighted by atomic mass is 10.3. The molecule has 0 rings (SSSR count). The number of hydrogen-bond donors (Lipinski definition) is 0. The fourth-order valence-corrected chi connectivity index (χ4v) is 0.410. The third-order valence-corrected chi connectivity index (χ3v) is 1.68. The molecule has 0 aromatic carbocycles. The van der Waals surface area contributed by atoms with Crippen LogP contribution in [0.3, 0.4) is 0 Å². The Bertz CT molecular complexity index is 166. The summed E-state index contributed by atoms with van der Waals surface area (Å²) in [5.41, 5.74) is 1.31. The topological polar surface area (TPSA) is 15.6 Å². The molecule has 11 heavy (non-hydrogen) atoms. The Morgan fingerprint density at radius 1 is 1.36 bits per heavy atom. The fraction of sp³-hybridized carbons (Fsp3) is 0.667. The number of nitrogens with zero attached hydrogens (tertiary/aromatic N) is 2. The van der Waals surface area contributed by atoms with E-state index < -0.39 is 0 Å². The summed E-state index contributed by atoms with van der Waals surface area (Å²) in [4.78, 5) is 6.27. The second kappa shape index (κ2) is 4.94. The summed E-state index contributed by atoms with van der Waals surface area (Å²) < 4.78 is 0. The molecule has 64 valence electrons. The minimum atomic E-state index is 1.04. The molecule has 0 spiro atoms. The second-order valence-corrected chi connectivity index (χ2v) is 2.90. The predicted octanol–water partition coefficient (Wildman–Crippen LogP) is 2.28. The number of rotatable bonds is 2. The lowest BCUT2D eigenvalue weighted by Crippen LogP contribution is -2.17. The summed E-state index contributed by atoms with van der Waals surface area (Å²) >= 11 is 0. The first kappa shape index (κ1) is 10.2. The number of aliphatic imine (C=N–C) groups is 1. The van der Waals surface area contributed by atoms with Gasteiger partial charge < -0.3 is 4.90 Å². The van der Waals surface area contributed by atoms with Gasteiger partial charge in [-0.2, -0.15) is 0 Å². The van der Waals surface area contributed by atoms with Gasteiger partial charge in [-0.1, -0.05) is 12.5 Å². The van der Waals surface area contributed by atoms with E-state index in [9.17, 15) is 0 Å². The van der Waals surface area contributed by atoms with Crippen LogP contribution in [0.15, 0.2) is 16.8 Å². The van der Waals surface area contributed by atoms with Gasteiger partial charge in [-0.25, -0.2) is 4.99 Å². The van der Waals surface area contributed by atoms with Gasteiger partial charge in [-0.3, -0.25) is 0 Å². The first-order valence-corrected chi connectivity index (χ1v) is 3.95. The first-order valence-electron chi connectivity index (χ1n) is 3.95. The molecule has 0 aliphatic heterocycles. The summed E-state index contributed by atoms with van der Waals surface area (Å²) in [6.07, 6.45) is 3.00. The molecule has 0 N–H and O–H groups in total. The third kappa shape index (κ3) is 4.59. The zero-order chi connectivity index (χ0) is 8.85. The van der Waals surface area contributed by atoms with Crippen molar-refractivity contribution in [3.05, 3.63) is 11.8 Å². The standard InChI is InChI=1S/C9H18N2/c1-6-8(2)7-10-9(3)11(4)5/h7H,6H2,1-5H3/b8-7+,10-9?. The molecule has 0 unspecified atom stereocenters. The van der Waals surface area contributed by atoms with E-state index in [0.717, 1.165) is 12.3 Å². The van der Waals surface area contributed by atoms with E-state index in [1.807, 2.05) is 32.1 Å². The summed E-state index contributed by atoms with van der Waals surface area (Å²) in [7, 11) is 3.99. The zero-order valence-corrected chi connectivity index (χ0v) is 8.18. The van der Waals surface area contributed by atoms with Crippen molar-refractivity contribution in [1.29, 1.82) is 0 Å². The Morgan fingerprint density at radius 3 is 2.27 bits per heavy atom. The van der Waals surface area contributed by atoms with Gasteiger partial charge in [0.15, 0.2) is 0 Å². The monoisotopic (exact) mass is 154 g/mol. The molecular weight excluding hydrogens is 136 g/mol. The SMILES string of the molecule is CC/C(C)=C/N=C(C)N(C)C. The van der Waals surface area contributed by atoms with Crippen molar-refractivity contribution in [1.82, 2.24) is 4.90 Å². The molecule has 0 fully saturated rings. The Labute approximate surface area is 69.6 Å². The number of allylic oxidation sites excluding steroid dienone is 1. The Kier molecular flexibility index (Phi) is 4.59. The molecule has 0 saturated heterocycles. The highest BCUT2D eigenvalue weighted by Crippen LogP contribution is 1.98. The number of hydrogen-bond acceptors (Lipinski definition) is 1. The molecule has 0 heterocycles. The van der Waals surface area contributed by atoms with E-state index in [0.29, 0.717) is 0 Å². The van der Waals surface area contributed by atoms with Crippen molar-refractivity contribution in [2.24, 2.45) is 4.99 Å². The zero-order valence-electron chi connectivity index (χ0n) is 8.18. The summed E-state index contributed by atoms with van der Waals surface area (Å²) in [5, 5.41) is 0. The Balaban J connectivity index is 4.11. The van der Waals surface area contributed by atoms with Gasteiger partial charge in [-0.05, 0) is 20.3 Å². The van der Waals surface area contributed by atoms with Gasteiger partial charge in [0.25, 0.3) is 0 Å². The Hall–Kier alpha value is -0.790. The molecule has 0 bridgehead atoms. The average Bonchev–Trinajstić information content (AvgIpc) is 1.99. The molecule has 0 saturated carbocycles. The molecule has 0 aromatic rings. The second-order valence-electron chi connectivity index (χ2n) is 2.90. The normalized spacial score (nSPS) is 13.5. The third-order valence-electron chi connectivity index (χ3n) is 1.68. The maximum absolute atomic E-state index is 4.27. The van der Waals surface area contributed by atoms with Crippen LogP contribution in [0.4, 0.5) is 0 Å². The van der Waals surface area contributed by atoms with Crippen LogP contribution in [-0.2, 0) is 0 Å². The fourth-order valence-electron chi connectivity index (χ4n) is 0.410. The van der Waals surface area contributed by atoms with Crippen LogP contribution in [0.25, 0.3) is 0 Å². The van der Waals surface area contributed by atoms with Crippen molar-refractivity contribution in [2.75, 3.05) is 14.1 Å². The molecular formula is C9H18N2. The van der Waals surface area contributed by atoms with Crippen molar-refractivity contribution in [2.45, 2.75) is 27.2 Å². The van der Waals surface area contributed by atoms with Crippen LogP contribution in [0.2, 0.25) is 0 Å². The molecule has 0 radical (unpaired) electrons. The van der Waals surface area contributed by atoms with Crippen LogP contribution < -0.4 is 0 Å². The highest BCUT2D eigenvalue weighted by Gasteiger charge is 1.89. The lowest BCUT2D eigenvalue weighted by molar-refractivity contribution is 0.618. The quantitative estimate of drug-likeness (QED) is 0.440. The van der Waals surface area contributed by atoms with Gasteiger partial charge in [-0.15, -0.1) is 0 Å². The summed E-state index contributed by atoms with van der Waals surface area (Å²) in [5.74, 6) is 1.04. The maximum atomic E-state index is 4.27. The van der Waals surface area contributed by atoms with Crippen molar-refractivity contribution in [3.63, 3.8) is 0 Å². The highest BCUT2D eigenvalue weighted by molar-refractivity contribution is 5.79. The van der Waals surface area contributed by atoms with Crippen LogP contribution in [0.5, 0.6) is 0 Å². The van der Waals surface area contributed by atoms with E-state index in [2.05, 4.69) is 18.8 Å². The van der Waals surface area contributed by atoms with Crippen molar-refractivity contribution >= 4 is 5.84 Å². The minimum Gasteiger partial charge on any atom is -0.366 e. The van der Waals surface area contributed by atoms with Crippen molar-refractivity contribution in [3.8, 4) is 0 Å². The summed E-state index contributed by atoms with van der Waals surface area (Å²) in [6.45, 7) is 6.22. The maximum Gasteiger partial charge on any atom is 0.100 e. The van der Waals surface area contributed by atoms with Gasteiger partial charge in [0.05, 0.1) is 0 Å². The van der Waals surface area contributed by atoms with E-state index in [-0.39, 0.29) is 0 Å². The van der Waals surface area contributed by atoms with Gasteiger partial charge in [0.1, 0.15) is 5.84 Å². The van der Waals surface area contributed by atoms with E-state index in [1.165, 1.54) is 5.57 Å². The predicted molar refractivity (Wildman–Crippen MR) is 50.8 cm³/mol. The first-order chi connectivity index (χ1) is 5.07. The van der Waals surface area contributed by atoms with E-state index in [4.69, 9.17) is 0 Å². The van der Waals surface area contributed by atoms with Crippen LogP contribution in [0.1, 0.15) is 27.2 Å². The number of amidine groups is 1. The molecule has 2 heteroatoms. The highest BCUT2D eigenvalue weighted by atomic mass is 15.1. The largest absolute Gasteiger partial charge is 0.366 e.